The maximum absolute atomic E-state index is 11.8. The molecule has 0 saturated carbocycles. The van der Waals surface area contributed by atoms with E-state index in [0.29, 0.717) is 5.25 Å². The van der Waals surface area contributed by atoms with Crippen molar-refractivity contribution in [2.45, 2.75) is 23.7 Å². The fourth-order valence-corrected chi connectivity index (χ4v) is 3.49. The standard InChI is InChI=1S/C14H13NOS/c1-10-7-8-12(16)14-15(10)9-13(17-14)11-5-3-2-4-6-11/h2-8,13H,9H2,1H3. The smallest absolute Gasteiger partial charge is 0.233 e. The number of aromatic nitrogens is 1. The molecule has 3 rings (SSSR count). The zero-order chi connectivity index (χ0) is 11.8. The average Bonchev–Trinajstić information content (AvgIpc) is 2.81. The molecule has 2 nitrogen and oxygen atoms in total. The quantitative estimate of drug-likeness (QED) is 0.718. The lowest BCUT2D eigenvalue weighted by atomic mass is 10.1. The summed E-state index contributed by atoms with van der Waals surface area (Å²) in [6.45, 7) is 2.95. The first kappa shape index (κ1) is 10.7. The van der Waals surface area contributed by atoms with Gasteiger partial charge in [0, 0.05) is 13.0 Å². The van der Waals surface area contributed by atoms with Gasteiger partial charge in [0.05, 0.1) is 5.25 Å². The summed E-state index contributed by atoms with van der Waals surface area (Å²) in [7, 11) is 0. The molecule has 0 fully saturated rings. The van der Waals surface area contributed by atoms with Gasteiger partial charge in [-0.05, 0) is 23.1 Å². The Hall–Kier alpha value is -1.48. The molecule has 1 aliphatic rings. The van der Waals surface area contributed by atoms with E-state index < -0.39 is 0 Å². The Labute approximate surface area is 105 Å². The second-order valence-electron chi connectivity index (χ2n) is 4.27. The van der Waals surface area contributed by atoms with E-state index in [1.165, 1.54) is 5.56 Å². The minimum Gasteiger partial charge on any atom is -0.868 e. The Bertz CT molecular complexity index is 523. The van der Waals surface area contributed by atoms with Gasteiger partial charge in [-0.25, -0.2) is 0 Å². The second-order valence-corrected chi connectivity index (χ2v) is 5.46. The van der Waals surface area contributed by atoms with E-state index >= 15 is 0 Å². The number of nitrogens with zero attached hydrogens (tertiary/aromatic N) is 1. The molecule has 86 valence electrons. The molecule has 17 heavy (non-hydrogen) atoms. The van der Waals surface area contributed by atoms with Crippen LogP contribution >= 0.6 is 11.8 Å². The third kappa shape index (κ3) is 1.80. The highest BCUT2D eigenvalue weighted by atomic mass is 32.2. The molecule has 0 bridgehead atoms. The number of benzene rings is 1. The number of fused-ring (bicyclic) bond motifs is 1. The highest BCUT2D eigenvalue weighted by Crippen LogP contribution is 2.41. The third-order valence-corrected chi connectivity index (χ3v) is 4.48. The molecule has 1 aliphatic heterocycles. The van der Waals surface area contributed by atoms with Crippen molar-refractivity contribution in [3.05, 3.63) is 53.7 Å². The average molecular weight is 243 g/mol. The predicted octanol–water partition coefficient (Wildman–Crippen LogP) is 2.20. The molecular formula is C14H13NOS. The summed E-state index contributed by atoms with van der Waals surface area (Å²) in [4.78, 5) is 0. The van der Waals surface area contributed by atoms with Crippen LogP contribution in [0.5, 0.6) is 5.75 Å². The number of thioether (sulfide) groups is 1. The molecule has 1 unspecified atom stereocenters. The van der Waals surface area contributed by atoms with Crippen LogP contribution in [0.2, 0.25) is 0 Å². The molecule has 0 saturated heterocycles. The Balaban J connectivity index is 1.98. The van der Waals surface area contributed by atoms with Crippen LogP contribution in [0.1, 0.15) is 16.5 Å². The summed E-state index contributed by atoms with van der Waals surface area (Å²) in [5, 5.41) is 13.0. The van der Waals surface area contributed by atoms with E-state index in [-0.39, 0.29) is 5.75 Å². The Kier molecular flexibility index (Phi) is 2.56. The van der Waals surface area contributed by atoms with Gasteiger partial charge in [0.25, 0.3) is 0 Å². The van der Waals surface area contributed by atoms with Crippen LogP contribution in [0.25, 0.3) is 0 Å². The first-order valence-electron chi connectivity index (χ1n) is 5.68. The van der Waals surface area contributed by atoms with Crippen LogP contribution in [0.15, 0.2) is 47.5 Å². The maximum atomic E-state index is 11.8. The summed E-state index contributed by atoms with van der Waals surface area (Å²) in [6.07, 6.45) is 0. The lowest BCUT2D eigenvalue weighted by Crippen LogP contribution is -2.37. The number of hydrogen-bond acceptors (Lipinski definition) is 2. The number of hydrogen-bond donors (Lipinski definition) is 0. The summed E-state index contributed by atoms with van der Waals surface area (Å²) in [5.41, 5.74) is 2.45. The van der Waals surface area contributed by atoms with Crippen molar-refractivity contribution >= 4 is 11.8 Å². The molecule has 0 amide bonds. The Morgan fingerprint density at radius 2 is 1.94 bits per heavy atom. The van der Waals surface area contributed by atoms with Gasteiger partial charge in [0.2, 0.25) is 5.03 Å². The number of pyridine rings is 1. The summed E-state index contributed by atoms with van der Waals surface area (Å²) in [5.74, 6) is 0.138. The minimum absolute atomic E-state index is 0.138. The molecule has 0 radical (unpaired) electrons. The molecule has 2 aromatic rings. The van der Waals surface area contributed by atoms with Gasteiger partial charge in [0.1, 0.15) is 0 Å². The van der Waals surface area contributed by atoms with Crippen molar-refractivity contribution in [3.63, 3.8) is 0 Å². The van der Waals surface area contributed by atoms with Crippen LogP contribution in [-0.4, -0.2) is 0 Å². The van der Waals surface area contributed by atoms with E-state index in [1.807, 2.05) is 12.1 Å². The molecule has 0 N–H and O–H groups in total. The lowest BCUT2D eigenvalue weighted by Gasteiger charge is -2.06. The van der Waals surface area contributed by atoms with E-state index in [2.05, 4.69) is 35.8 Å². The van der Waals surface area contributed by atoms with E-state index in [0.717, 1.165) is 17.3 Å². The normalized spacial score (nSPS) is 18.1. The minimum atomic E-state index is 0.138. The molecule has 3 heteroatoms. The second kappa shape index (κ2) is 4.08. The van der Waals surface area contributed by atoms with Crippen LogP contribution in [0, 0.1) is 6.92 Å². The SMILES string of the molecule is Cc1ccc([O-])c2[n+]1CC(c1ccccc1)S2. The molecule has 1 aromatic carbocycles. The molecule has 2 heterocycles. The van der Waals surface area contributed by atoms with Crippen LogP contribution in [0.4, 0.5) is 0 Å². The topological polar surface area (TPSA) is 26.9 Å². The van der Waals surface area contributed by atoms with Gasteiger partial charge < -0.3 is 5.11 Å². The van der Waals surface area contributed by atoms with E-state index in [4.69, 9.17) is 0 Å². The first-order chi connectivity index (χ1) is 8.25. The summed E-state index contributed by atoms with van der Waals surface area (Å²) in [6, 6.07) is 14.0. The Morgan fingerprint density at radius 1 is 1.18 bits per heavy atom. The Morgan fingerprint density at radius 3 is 2.65 bits per heavy atom. The fourth-order valence-electron chi connectivity index (χ4n) is 2.18. The van der Waals surface area contributed by atoms with Gasteiger partial charge in [-0.2, -0.15) is 4.57 Å². The number of aryl methyl sites for hydroxylation is 1. The van der Waals surface area contributed by atoms with E-state index in [1.54, 1.807) is 17.8 Å². The molecule has 1 aromatic heterocycles. The van der Waals surface area contributed by atoms with Crippen molar-refractivity contribution in [2.75, 3.05) is 0 Å². The zero-order valence-corrected chi connectivity index (χ0v) is 10.4. The van der Waals surface area contributed by atoms with Crippen molar-refractivity contribution in [2.24, 2.45) is 0 Å². The van der Waals surface area contributed by atoms with Gasteiger partial charge in [0.15, 0.2) is 12.2 Å². The number of rotatable bonds is 1. The largest absolute Gasteiger partial charge is 0.868 e. The monoisotopic (exact) mass is 243 g/mol. The van der Waals surface area contributed by atoms with Gasteiger partial charge >= 0.3 is 0 Å². The van der Waals surface area contributed by atoms with Crippen LogP contribution in [-0.2, 0) is 6.54 Å². The molecule has 0 aliphatic carbocycles. The zero-order valence-electron chi connectivity index (χ0n) is 9.59. The van der Waals surface area contributed by atoms with E-state index in [9.17, 15) is 5.11 Å². The summed E-state index contributed by atoms with van der Waals surface area (Å²) >= 11 is 1.68. The van der Waals surface area contributed by atoms with Crippen molar-refractivity contribution in [1.82, 2.24) is 0 Å². The van der Waals surface area contributed by atoms with Gasteiger partial charge in [-0.15, -0.1) is 0 Å². The van der Waals surface area contributed by atoms with Crippen LogP contribution < -0.4 is 9.67 Å². The molecular weight excluding hydrogens is 230 g/mol. The van der Waals surface area contributed by atoms with Gasteiger partial charge in [-0.3, -0.25) is 0 Å². The maximum Gasteiger partial charge on any atom is 0.233 e. The fraction of sp³-hybridized carbons (Fsp3) is 0.214. The highest BCUT2D eigenvalue weighted by Gasteiger charge is 2.32. The lowest BCUT2D eigenvalue weighted by molar-refractivity contribution is -0.735. The van der Waals surface area contributed by atoms with Crippen molar-refractivity contribution < 1.29 is 9.67 Å². The first-order valence-corrected chi connectivity index (χ1v) is 6.56. The van der Waals surface area contributed by atoms with Gasteiger partial charge in [-0.1, -0.05) is 36.4 Å². The molecule has 0 spiro atoms. The third-order valence-electron chi connectivity index (χ3n) is 3.13. The predicted molar refractivity (Wildman–Crippen MR) is 65.9 cm³/mol. The van der Waals surface area contributed by atoms with Crippen molar-refractivity contribution in [3.8, 4) is 5.75 Å². The molecule has 1 atom stereocenters. The van der Waals surface area contributed by atoms with Crippen LogP contribution in [0.3, 0.4) is 0 Å². The summed E-state index contributed by atoms with van der Waals surface area (Å²) < 4.78 is 2.13. The highest BCUT2D eigenvalue weighted by molar-refractivity contribution is 7.99. The van der Waals surface area contributed by atoms with Crippen molar-refractivity contribution in [1.29, 1.82) is 0 Å².